The molecule has 1 heterocycles. The van der Waals surface area contributed by atoms with Crippen LogP contribution in [0.3, 0.4) is 0 Å². The summed E-state index contributed by atoms with van der Waals surface area (Å²) in [5.74, 6) is 0. The minimum atomic E-state index is 0.361. The van der Waals surface area contributed by atoms with Crippen LogP contribution in [-0.2, 0) is 0 Å². The predicted octanol–water partition coefficient (Wildman–Crippen LogP) is 4.34. The van der Waals surface area contributed by atoms with Crippen molar-refractivity contribution >= 4 is 5.69 Å². The SMILES string of the molecule is CCCC(Nc1cncc(C)c1)c1ccccc1. The molecule has 2 aromatic rings. The van der Waals surface area contributed by atoms with Crippen molar-refractivity contribution in [3.05, 3.63) is 59.9 Å². The number of hydrogen-bond acceptors (Lipinski definition) is 2. The molecule has 1 unspecified atom stereocenters. The number of nitrogens with one attached hydrogen (secondary N) is 1. The lowest BCUT2D eigenvalue weighted by atomic mass is 10.0. The van der Waals surface area contributed by atoms with Crippen LogP contribution in [0.5, 0.6) is 0 Å². The monoisotopic (exact) mass is 240 g/mol. The second-order valence-corrected chi connectivity index (χ2v) is 4.65. The summed E-state index contributed by atoms with van der Waals surface area (Å²) in [6, 6.07) is 13.1. The maximum absolute atomic E-state index is 4.23. The largest absolute Gasteiger partial charge is 0.377 e. The van der Waals surface area contributed by atoms with Gasteiger partial charge in [0.1, 0.15) is 0 Å². The van der Waals surface area contributed by atoms with Crippen molar-refractivity contribution in [1.82, 2.24) is 4.98 Å². The molecule has 0 fully saturated rings. The first-order chi connectivity index (χ1) is 8.79. The minimum Gasteiger partial charge on any atom is -0.377 e. The summed E-state index contributed by atoms with van der Waals surface area (Å²) in [7, 11) is 0. The van der Waals surface area contributed by atoms with Crippen molar-refractivity contribution < 1.29 is 0 Å². The summed E-state index contributed by atoms with van der Waals surface area (Å²) in [6.07, 6.45) is 6.05. The third kappa shape index (κ3) is 3.33. The number of hydrogen-bond donors (Lipinski definition) is 1. The average molecular weight is 240 g/mol. The van der Waals surface area contributed by atoms with Gasteiger partial charge in [-0.15, -0.1) is 0 Å². The van der Waals surface area contributed by atoms with Crippen LogP contribution in [0, 0.1) is 6.92 Å². The van der Waals surface area contributed by atoms with Gasteiger partial charge >= 0.3 is 0 Å². The number of aromatic nitrogens is 1. The zero-order chi connectivity index (χ0) is 12.8. The molecule has 0 spiro atoms. The van der Waals surface area contributed by atoms with Crippen LogP contribution >= 0.6 is 0 Å². The summed E-state index contributed by atoms with van der Waals surface area (Å²) in [6.45, 7) is 4.28. The van der Waals surface area contributed by atoms with Gasteiger partial charge in [0.2, 0.25) is 0 Å². The first-order valence-corrected chi connectivity index (χ1v) is 6.52. The van der Waals surface area contributed by atoms with Crippen LogP contribution in [0.4, 0.5) is 5.69 Å². The lowest BCUT2D eigenvalue weighted by Crippen LogP contribution is -2.10. The van der Waals surface area contributed by atoms with Gasteiger partial charge < -0.3 is 5.32 Å². The van der Waals surface area contributed by atoms with E-state index < -0.39 is 0 Å². The van der Waals surface area contributed by atoms with Gasteiger partial charge in [-0.05, 0) is 30.5 Å². The van der Waals surface area contributed by atoms with Crippen molar-refractivity contribution in [3.63, 3.8) is 0 Å². The van der Waals surface area contributed by atoms with Crippen LogP contribution in [0.25, 0.3) is 0 Å². The Hall–Kier alpha value is -1.83. The molecule has 0 saturated heterocycles. The lowest BCUT2D eigenvalue weighted by Gasteiger charge is -2.19. The van der Waals surface area contributed by atoms with Crippen LogP contribution in [-0.4, -0.2) is 4.98 Å². The van der Waals surface area contributed by atoms with Crippen LogP contribution < -0.4 is 5.32 Å². The van der Waals surface area contributed by atoms with Crippen molar-refractivity contribution in [1.29, 1.82) is 0 Å². The highest BCUT2D eigenvalue weighted by Gasteiger charge is 2.09. The summed E-state index contributed by atoms with van der Waals surface area (Å²) in [4.78, 5) is 4.23. The Labute approximate surface area is 109 Å². The third-order valence-electron chi connectivity index (χ3n) is 3.00. The molecule has 0 aliphatic carbocycles. The molecule has 0 bridgehead atoms. The minimum absolute atomic E-state index is 0.361. The summed E-state index contributed by atoms with van der Waals surface area (Å²) in [5, 5.41) is 3.57. The molecule has 1 atom stereocenters. The highest BCUT2D eigenvalue weighted by atomic mass is 14.9. The molecule has 94 valence electrons. The fourth-order valence-corrected chi connectivity index (χ4v) is 2.13. The van der Waals surface area contributed by atoms with Gasteiger partial charge in [-0.25, -0.2) is 0 Å². The second-order valence-electron chi connectivity index (χ2n) is 4.65. The Bertz CT molecular complexity index is 479. The highest BCUT2D eigenvalue weighted by Crippen LogP contribution is 2.23. The van der Waals surface area contributed by atoms with Gasteiger partial charge in [0, 0.05) is 12.4 Å². The zero-order valence-electron chi connectivity index (χ0n) is 11.1. The summed E-state index contributed by atoms with van der Waals surface area (Å²) < 4.78 is 0. The van der Waals surface area contributed by atoms with Gasteiger partial charge in [0.25, 0.3) is 0 Å². The number of anilines is 1. The van der Waals surface area contributed by atoms with Crippen molar-refractivity contribution in [2.45, 2.75) is 32.7 Å². The Morgan fingerprint density at radius 3 is 2.61 bits per heavy atom. The fourth-order valence-electron chi connectivity index (χ4n) is 2.13. The van der Waals surface area contributed by atoms with E-state index in [2.05, 4.69) is 60.5 Å². The Morgan fingerprint density at radius 1 is 1.17 bits per heavy atom. The topological polar surface area (TPSA) is 24.9 Å². The van der Waals surface area contributed by atoms with Gasteiger partial charge in [-0.3, -0.25) is 4.98 Å². The molecular formula is C16H20N2. The smallest absolute Gasteiger partial charge is 0.0534 e. The molecule has 0 aliphatic heterocycles. The predicted molar refractivity (Wildman–Crippen MR) is 76.7 cm³/mol. The molecule has 0 radical (unpaired) electrons. The van der Waals surface area contributed by atoms with E-state index in [-0.39, 0.29) is 0 Å². The Balaban J connectivity index is 2.16. The van der Waals surface area contributed by atoms with E-state index in [1.165, 1.54) is 11.1 Å². The molecule has 2 heteroatoms. The van der Waals surface area contributed by atoms with E-state index >= 15 is 0 Å². The summed E-state index contributed by atoms with van der Waals surface area (Å²) >= 11 is 0. The average Bonchev–Trinajstić information content (AvgIpc) is 2.39. The maximum atomic E-state index is 4.23. The quantitative estimate of drug-likeness (QED) is 0.840. The first kappa shape index (κ1) is 12.6. The van der Waals surface area contributed by atoms with Gasteiger partial charge in [0.15, 0.2) is 0 Å². The van der Waals surface area contributed by atoms with Gasteiger partial charge in [0.05, 0.1) is 11.7 Å². The van der Waals surface area contributed by atoms with Crippen LogP contribution in [0.1, 0.15) is 36.9 Å². The Morgan fingerprint density at radius 2 is 1.94 bits per heavy atom. The van der Waals surface area contributed by atoms with E-state index in [4.69, 9.17) is 0 Å². The molecule has 2 rings (SSSR count). The van der Waals surface area contributed by atoms with E-state index in [1.807, 2.05) is 12.4 Å². The van der Waals surface area contributed by atoms with E-state index in [9.17, 15) is 0 Å². The highest BCUT2D eigenvalue weighted by molar-refractivity contribution is 5.45. The van der Waals surface area contributed by atoms with E-state index in [0.717, 1.165) is 18.5 Å². The van der Waals surface area contributed by atoms with Crippen molar-refractivity contribution in [2.75, 3.05) is 5.32 Å². The molecule has 1 aromatic heterocycles. The van der Waals surface area contributed by atoms with Crippen LogP contribution in [0.15, 0.2) is 48.8 Å². The molecule has 1 N–H and O–H groups in total. The number of pyridine rings is 1. The number of aryl methyl sites for hydroxylation is 1. The lowest BCUT2D eigenvalue weighted by molar-refractivity contribution is 0.677. The number of rotatable bonds is 5. The zero-order valence-corrected chi connectivity index (χ0v) is 11.1. The third-order valence-corrected chi connectivity index (χ3v) is 3.00. The maximum Gasteiger partial charge on any atom is 0.0534 e. The molecule has 0 aliphatic rings. The molecule has 0 saturated carbocycles. The molecule has 1 aromatic carbocycles. The number of nitrogens with zero attached hydrogens (tertiary/aromatic N) is 1. The first-order valence-electron chi connectivity index (χ1n) is 6.52. The number of benzene rings is 1. The van der Waals surface area contributed by atoms with Crippen LogP contribution in [0.2, 0.25) is 0 Å². The van der Waals surface area contributed by atoms with E-state index in [1.54, 1.807) is 0 Å². The van der Waals surface area contributed by atoms with Crippen molar-refractivity contribution in [2.24, 2.45) is 0 Å². The standard InChI is InChI=1S/C16H20N2/c1-3-7-16(14-8-5-4-6-9-14)18-15-10-13(2)11-17-12-15/h4-6,8-12,16,18H,3,7H2,1-2H3. The normalized spacial score (nSPS) is 12.1. The molecular weight excluding hydrogens is 220 g/mol. The molecule has 2 nitrogen and oxygen atoms in total. The fraction of sp³-hybridized carbons (Fsp3) is 0.312. The second kappa shape index (κ2) is 6.20. The molecule has 18 heavy (non-hydrogen) atoms. The summed E-state index contributed by atoms with van der Waals surface area (Å²) in [5.41, 5.74) is 3.61. The van der Waals surface area contributed by atoms with Crippen molar-refractivity contribution in [3.8, 4) is 0 Å². The Kier molecular flexibility index (Phi) is 4.35. The van der Waals surface area contributed by atoms with E-state index in [0.29, 0.717) is 6.04 Å². The molecule has 0 amide bonds. The van der Waals surface area contributed by atoms with Gasteiger partial charge in [-0.1, -0.05) is 43.7 Å². The van der Waals surface area contributed by atoms with Gasteiger partial charge in [-0.2, -0.15) is 0 Å².